The SMILES string of the molecule is CC1=C(c2ccccc2)C2CC(C(C)C)C([Si](C)(C)C3C(C)CC4C3CC3CCCC3C4c3ccccc3)C2S1. The standard InChI is InChI=1S/C38H52SSi/c1-23(2)30-22-33-34(26-14-9-7-10-15-26)25(4)39-36(33)38(30)40(5,6)37-24(3)20-31-32(37)21-28-18-13-19-29(28)35(31)27-16-11-8-12-17-27/h7-12,14-17,23-24,28-33,35-38H,13,18-22H2,1-6H3. The second-order valence-corrected chi connectivity index (χ2v) is 22.0. The van der Waals surface area contributed by atoms with Crippen LogP contribution in [0.2, 0.25) is 24.2 Å². The molecule has 2 heteroatoms. The molecule has 0 nitrogen and oxygen atoms in total. The molecule has 0 N–H and O–H groups in total. The molecule has 0 aromatic heterocycles. The molecule has 4 fully saturated rings. The molecule has 2 aromatic rings. The summed E-state index contributed by atoms with van der Waals surface area (Å²) in [5, 5.41) is 0.809. The Morgan fingerprint density at radius 1 is 0.800 bits per heavy atom. The Hall–Kier alpha value is -1.25. The summed E-state index contributed by atoms with van der Waals surface area (Å²) in [7, 11) is -1.60. The van der Waals surface area contributed by atoms with Crippen molar-refractivity contribution in [2.45, 2.75) is 102 Å². The van der Waals surface area contributed by atoms with Gasteiger partial charge < -0.3 is 0 Å². The van der Waals surface area contributed by atoms with Crippen molar-refractivity contribution in [1.82, 2.24) is 0 Å². The van der Waals surface area contributed by atoms with E-state index in [0.717, 1.165) is 69.6 Å². The molecular formula is C38H52SSi. The van der Waals surface area contributed by atoms with Gasteiger partial charge in [-0.25, -0.2) is 0 Å². The van der Waals surface area contributed by atoms with Crippen LogP contribution in [0, 0.1) is 47.3 Å². The van der Waals surface area contributed by atoms with Crippen LogP contribution in [0.5, 0.6) is 0 Å². The molecule has 4 saturated carbocycles. The van der Waals surface area contributed by atoms with Crippen LogP contribution < -0.4 is 0 Å². The van der Waals surface area contributed by atoms with Gasteiger partial charge in [0.2, 0.25) is 0 Å². The van der Waals surface area contributed by atoms with Gasteiger partial charge >= 0.3 is 0 Å². The van der Waals surface area contributed by atoms with Crippen molar-refractivity contribution in [3.8, 4) is 0 Å². The van der Waals surface area contributed by atoms with Crippen molar-refractivity contribution < 1.29 is 0 Å². The third-order valence-electron chi connectivity index (χ3n) is 13.1. The molecule has 0 saturated heterocycles. The Bertz CT molecular complexity index is 1230. The molecule has 0 spiro atoms. The smallest absolute Gasteiger partial charge is 0.0556 e. The first-order valence-electron chi connectivity index (χ1n) is 16.7. The molecule has 0 bridgehead atoms. The maximum atomic E-state index is 2.90. The third-order valence-corrected chi connectivity index (χ3v) is 20.1. The minimum absolute atomic E-state index is 0.756. The molecule has 11 unspecified atom stereocenters. The van der Waals surface area contributed by atoms with E-state index in [2.05, 4.69) is 113 Å². The summed E-state index contributed by atoms with van der Waals surface area (Å²) in [5.41, 5.74) is 6.81. The fourth-order valence-corrected chi connectivity index (χ4v) is 21.1. The minimum atomic E-state index is -1.60. The summed E-state index contributed by atoms with van der Waals surface area (Å²) in [4.78, 5) is 1.63. The minimum Gasteiger partial charge on any atom is -0.127 e. The summed E-state index contributed by atoms with van der Waals surface area (Å²) in [5.74, 6) is 7.94. The Morgan fingerprint density at radius 3 is 2.20 bits per heavy atom. The largest absolute Gasteiger partial charge is 0.127 e. The lowest BCUT2D eigenvalue weighted by atomic mass is 9.62. The highest BCUT2D eigenvalue weighted by molar-refractivity contribution is 8.04. The molecule has 0 radical (unpaired) electrons. The summed E-state index contributed by atoms with van der Waals surface area (Å²) in [6.07, 6.45) is 8.93. The Morgan fingerprint density at radius 2 is 1.50 bits per heavy atom. The molecule has 214 valence electrons. The van der Waals surface area contributed by atoms with Crippen LogP contribution in [-0.4, -0.2) is 13.3 Å². The molecule has 2 aromatic carbocycles. The van der Waals surface area contributed by atoms with Gasteiger partial charge in [-0.3, -0.25) is 0 Å². The lowest BCUT2D eigenvalue weighted by Gasteiger charge is -2.50. The van der Waals surface area contributed by atoms with Crippen molar-refractivity contribution in [3.63, 3.8) is 0 Å². The highest BCUT2D eigenvalue weighted by atomic mass is 32.2. The second-order valence-electron chi connectivity index (χ2n) is 15.6. The van der Waals surface area contributed by atoms with Gasteiger partial charge in [0.15, 0.2) is 0 Å². The van der Waals surface area contributed by atoms with Crippen LogP contribution >= 0.6 is 11.8 Å². The lowest BCUT2D eigenvalue weighted by Crippen LogP contribution is -2.49. The molecule has 4 aliphatic carbocycles. The van der Waals surface area contributed by atoms with Crippen LogP contribution in [-0.2, 0) is 0 Å². The highest BCUT2D eigenvalue weighted by Crippen LogP contribution is 2.70. The summed E-state index contributed by atoms with van der Waals surface area (Å²) in [6.45, 7) is 16.1. The van der Waals surface area contributed by atoms with E-state index in [9.17, 15) is 0 Å². The van der Waals surface area contributed by atoms with Crippen LogP contribution in [0.25, 0.3) is 5.57 Å². The van der Waals surface area contributed by atoms with Gasteiger partial charge in [-0.1, -0.05) is 107 Å². The fourth-order valence-electron chi connectivity index (χ4n) is 12.1. The number of rotatable bonds is 5. The number of hydrogen-bond donors (Lipinski definition) is 0. The average Bonchev–Trinajstić information content (AvgIpc) is 3.69. The predicted molar refractivity (Wildman–Crippen MR) is 177 cm³/mol. The summed E-state index contributed by atoms with van der Waals surface area (Å²) < 4.78 is 0. The van der Waals surface area contributed by atoms with Crippen molar-refractivity contribution in [3.05, 3.63) is 76.7 Å². The third kappa shape index (κ3) is 4.28. The van der Waals surface area contributed by atoms with Crippen molar-refractivity contribution >= 4 is 25.4 Å². The predicted octanol–water partition coefficient (Wildman–Crippen LogP) is 11.1. The zero-order chi connectivity index (χ0) is 27.8. The van der Waals surface area contributed by atoms with Gasteiger partial charge in [0.1, 0.15) is 0 Å². The highest BCUT2D eigenvalue weighted by Gasteiger charge is 2.63. The van der Waals surface area contributed by atoms with E-state index >= 15 is 0 Å². The quantitative estimate of drug-likeness (QED) is 0.323. The van der Waals surface area contributed by atoms with Gasteiger partial charge in [0.25, 0.3) is 0 Å². The maximum absolute atomic E-state index is 2.90. The van der Waals surface area contributed by atoms with E-state index < -0.39 is 8.07 Å². The number of hydrogen-bond acceptors (Lipinski definition) is 1. The van der Waals surface area contributed by atoms with Crippen LogP contribution in [0.15, 0.2) is 65.6 Å². The normalized spacial score (nSPS) is 40.9. The van der Waals surface area contributed by atoms with E-state index in [4.69, 9.17) is 0 Å². The molecule has 1 aliphatic heterocycles. The molecule has 7 rings (SSSR count). The first-order chi connectivity index (χ1) is 19.3. The van der Waals surface area contributed by atoms with Crippen molar-refractivity contribution in [2.75, 3.05) is 0 Å². The maximum Gasteiger partial charge on any atom is 0.0556 e. The van der Waals surface area contributed by atoms with Crippen LogP contribution in [0.3, 0.4) is 0 Å². The van der Waals surface area contributed by atoms with Gasteiger partial charge in [-0.15, -0.1) is 11.8 Å². The molecule has 40 heavy (non-hydrogen) atoms. The van der Waals surface area contributed by atoms with Gasteiger partial charge in [-0.05, 0) is 119 Å². The van der Waals surface area contributed by atoms with E-state index in [1.165, 1.54) is 37.7 Å². The lowest BCUT2D eigenvalue weighted by molar-refractivity contribution is 0.121. The number of allylic oxidation sites excluding steroid dienone is 2. The van der Waals surface area contributed by atoms with E-state index in [0.29, 0.717) is 0 Å². The molecule has 11 atom stereocenters. The van der Waals surface area contributed by atoms with Crippen molar-refractivity contribution in [1.29, 1.82) is 0 Å². The Labute approximate surface area is 250 Å². The number of thioether (sulfide) groups is 1. The molecule has 0 amide bonds. The average molecular weight is 569 g/mol. The monoisotopic (exact) mass is 568 g/mol. The van der Waals surface area contributed by atoms with E-state index in [1.54, 1.807) is 22.5 Å². The first-order valence-corrected chi connectivity index (χ1v) is 20.8. The Balaban J connectivity index is 1.24. The number of benzene rings is 2. The van der Waals surface area contributed by atoms with Crippen LogP contribution in [0.1, 0.15) is 83.3 Å². The first kappa shape index (κ1) is 27.6. The van der Waals surface area contributed by atoms with Crippen molar-refractivity contribution in [2.24, 2.45) is 47.3 Å². The second kappa shape index (κ2) is 10.5. The number of fused-ring (bicyclic) bond motifs is 3. The van der Waals surface area contributed by atoms with E-state index in [1.807, 2.05) is 0 Å². The van der Waals surface area contributed by atoms with Gasteiger partial charge in [-0.2, -0.15) is 0 Å². The fraction of sp³-hybridized carbons (Fsp3) is 0.632. The molecule has 1 heterocycles. The summed E-state index contributed by atoms with van der Waals surface area (Å²) in [6, 6.07) is 23.3. The van der Waals surface area contributed by atoms with E-state index in [-0.39, 0.29) is 0 Å². The summed E-state index contributed by atoms with van der Waals surface area (Å²) >= 11 is 2.31. The van der Waals surface area contributed by atoms with Gasteiger partial charge in [0, 0.05) is 5.25 Å². The zero-order valence-corrected chi connectivity index (χ0v) is 27.7. The topological polar surface area (TPSA) is 0 Å². The zero-order valence-electron chi connectivity index (χ0n) is 25.9. The molecule has 5 aliphatic rings. The molecular weight excluding hydrogens is 517 g/mol. The van der Waals surface area contributed by atoms with Gasteiger partial charge in [0.05, 0.1) is 8.07 Å². The van der Waals surface area contributed by atoms with Crippen LogP contribution in [0.4, 0.5) is 0 Å². The Kier molecular flexibility index (Phi) is 7.22.